The first-order valence-electron chi connectivity index (χ1n) is 8.69. The molecule has 0 aliphatic carbocycles. The molecule has 1 unspecified atom stereocenters. The number of rotatable bonds is 5. The van der Waals surface area contributed by atoms with Crippen molar-refractivity contribution in [2.24, 2.45) is 0 Å². The molecule has 27 heavy (non-hydrogen) atoms. The van der Waals surface area contributed by atoms with E-state index < -0.39 is 5.54 Å². The lowest BCUT2D eigenvalue weighted by Crippen LogP contribution is -2.66. The highest BCUT2D eigenvalue weighted by molar-refractivity contribution is 6.42. The molecule has 1 aliphatic rings. The Morgan fingerprint density at radius 2 is 1.89 bits per heavy atom. The van der Waals surface area contributed by atoms with Gasteiger partial charge in [-0.1, -0.05) is 65.7 Å². The summed E-state index contributed by atoms with van der Waals surface area (Å²) >= 11 is 11.9. The lowest BCUT2D eigenvalue weighted by atomic mass is 9.85. The molecule has 140 valence electrons. The minimum atomic E-state index is -0.857. The summed E-state index contributed by atoms with van der Waals surface area (Å²) in [6, 6.07) is 14.7. The van der Waals surface area contributed by atoms with E-state index in [4.69, 9.17) is 23.2 Å². The zero-order chi connectivity index (χ0) is 19.4. The number of benzene rings is 2. The number of anilines is 1. The van der Waals surface area contributed by atoms with Crippen LogP contribution >= 0.6 is 23.2 Å². The number of likely N-dealkylation sites (tertiary alicyclic amines) is 1. The number of nitrogens with one attached hydrogen (secondary N) is 1. The quantitative estimate of drug-likeness (QED) is 0.762. The maximum absolute atomic E-state index is 12.7. The van der Waals surface area contributed by atoms with Crippen LogP contribution < -0.4 is 5.32 Å². The molecule has 2 aromatic rings. The summed E-state index contributed by atoms with van der Waals surface area (Å²) in [6.07, 6.45) is 4.61. The summed E-state index contributed by atoms with van der Waals surface area (Å²) in [5.74, 6) is -0.298. The highest BCUT2D eigenvalue weighted by atomic mass is 35.5. The molecular formula is C21H20Cl2N2O2. The molecule has 0 radical (unpaired) electrons. The zero-order valence-electron chi connectivity index (χ0n) is 14.9. The minimum absolute atomic E-state index is 0.0692. The van der Waals surface area contributed by atoms with Gasteiger partial charge in [0.05, 0.1) is 10.0 Å². The molecule has 2 amide bonds. The van der Waals surface area contributed by atoms with Crippen LogP contribution in [0.1, 0.15) is 25.3 Å². The summed E-state index contributed by atoms with van der Waals surface area (Å²) in [5.41, 5.74) is 0.733. The fourth-order valence-electron chi connectivity index (χ4n) is 3.00. The van der Waals surface area contributed by atoms with E-state index in [-0.39, 0.29) is 18.2 Å². The number of hydrogen-bond donors (Lipinski definition) is 1. The smallest absolute Gasteiger partial charge is 0.250 e. The van der Waals surface area contributed by atoms with Crippen LogP contribution in [-0.2, 0) is 9.59 Å². The van der Waals surface area contributed by atoms with Gasteiger partial charge in [0.15, 0.2) is 0 Å². The van der Waals surface area contributed by atoms with Gasteiger partial charge in [0.2, 0.25) is 11.8 Å². The van der Waals surface area contributed by atoms with Crippen LogP contribution in [0.5, 0.6) is 0 Å². The topological polar surface area (TPSA) is 49.4 Å². The molecule has 6 heteroatoms. The van der Waals surface area contributed by atoms with E-state index in [0.717, 1.165) is 5.56 Å². The largest absolute Gasteiger partial charge is 0.328 e. The van der Waals surface area contributed by atoms with E-state index in [1.165, 1.54) is 0 Å². The SMILES string of the molecule is CC1(C(=O)Nc2ccc(Cl)c(Cl)c2)CCN1C(=O)C/C=C/c1ccccc1. The number of carbonyl (C=O) groups is 2. The van der Waals surface area contributed by atoms with E-state index >= 15 is 0 Å². The predicted molar refractivity (Wildman–Crippen MR) is 110 cm³/mol. The maximum atomic E-state index is 12.7. The van der Waals surface area contributed by atoms with Gasteiger partial charge in [-0.25, -0.2) is 0 Å². The highest BCUT2D eigenvalue weighted by Gasteiger charge is 2.48. The lowest BCUT2D eigenvalue weighted by Gasteiger charge is -2.49. The first-order valence-corrected chi connectivity index (χ1v) is 9.44. The first kappa shape index (κ1) is 19.5. The second kappa shape index (κ2) is 8.15. The Balaban J connectivity index is 1.61. The normalized spacial score (nSPS) is 19.0. The molecule has 1 heterocycles. The second-order valence-electron chi connectivity index (χ2n) is 6.67. The Kier molecular flexibility index (Phi) is 5.88. The van der Waals surface area contributed by atoms with Crippen molar-refractivity contribution in [1.29, 1.82) is 0 Å². The van der Waals surface area contributed by atoms with E-state index in [9.17, 15) is 9.59 Å². The third-order valence-corrected chi connectivity index (χ3v) is 5.53. The molecule has 4 nitrogen and oxygen atoms in total. The van der Waals surface area contributed by atoms with Crippen LogP contribution in [0.4, 0.5) is 5.69 Å². The minimum Gasteiger partial charge on any atom is -0.328 e. The van der Waals surface area contributed by atoms with Crippen molar-refractivity contribution in [3.05, 3.63) is 70.2 Å². The Morgan fingerprint density at radius 3 is 2.52 bits per heavy atom. The molecule has 0 saturated carbocycles. The van der Waals surface area contributed by atoms with Crippen molar-refractivity contribution in [2.75, 3.05) is 11.9 Å². The van der Waals surface area contributed by atoms with Crippen molar-refractivity contribution in [3.8, 4) is 0 Å². The number of carbonyl (C=O) groups excluding carboxylic acids is 2. The molecule has 3 rings (SSSR count). The highest BCUT2D eigenvalue weighted by Crippen LogP contribution is 2.33. The summed E-state index contributed by atoms with van der Waals surface area (Å²) in [4.78, 5) is 26.9. The van der Waals surface area contributed by atoms with Crippen LogP contribution in [0.2, 0.25) is 10.0 Å². The Morgan fingerprint density at radius 1 is 1.15 bits per heavy atom. The van der Waals surface area contributed by atoms with Crippen LogP contribution in [0.15, 0.2) is 54.6 Å². The monoisotopic (exact) mass is 402 g/mol. The van der Waals surface area contributed by atoms with E-state index in [2.05, 4.69) is 5.32 Å². The molecule has 1 fully saturated rings. The molecule has 1 atom stereocenters. The number of halogens is 2. The van der Waals surface area contributed by atoms with Crippen molar-refractivity contribution < 1.29 is 9.59 Å². The van der Waals surface area contributed by atoms with E-state index in [0.29, 0.717) is 28.7 Å². The Labute approximate surface area is 168 Å². The number of hydrogen-bond acceptors (Lipinski definition) is 2. The number of amides is 2. The van der Waals surface area contributed by atoms with Gasteiger partial charge < -0.3 is 10.2 Å². The lowest BCUT2D eigenvalue weighted by molar-refractivity contribution is -0.154. The zero-order valence-corrected chi connectivity index (χ0v) is 16.4. The fraction of sp³-hybridized carbons (Fsp3) is 0.238. The second-order valence-corrected chi connectivity index (χ2v) is 7.48. The molecule has 1 aliphatic heterocycles. The average molecular weight is 403 g/mol. The standard InChI is InChI=1S/C21H20Cl2N2O2/c1-21(20(27)24-16-10-11-17(22)18(23)14-16)12-13-25(21)19(26)9-5-8-15-6-3-2-4-7-15/h2-8,10-11,14H,9,12-13H2,1H3,(H,24,27)/b8-5+. The van der Waals surface area contributed by atoms with Crippen molar-refractivity contribution in [2.45, 2.75) is 25.3 Å². The van der Waals surface area contributed by atoms with E-state index in [1.807, 2.05) is 42.5 Å². The summed E-state index contributed by atoms with van der Waals surface area (Å²) < 4.78 is 0. The van der Waals surface area contributed by atoms with Gasteiger partial charge in [0.1, 0.15) is 5.54 Å². The third-order valence-electron chi connectivity index (χ3n) is 4.79. The van der Waals surface area contributed by atoms with Gasteiger partial charge in [-0.2, -0.15) is 0 Å². The molecule has 2 aromatic carbocycles. The summed E-state index contributed by atoms with van der Waals surface area (Å²) in [5, 5.41) is 3.62. The van der Waals surface area contributed by atoms with Crippen molar-refractivity contribution in [3.63, 3.8) is 0 Å². The molecule has 0 bridgehead atoms. The number of nitrogens with zero attached hydrogens (tertiary/aromatic N) is 1. The summed E-state index contributed by atoms with van der Waals surface area (Å²) in [7, 11) is 0. The van der Waals surface area contributed by atoms with Gasteiger partial charge in [0, 0.05) is 18.7 Å². The third kappa shape index (κ3) is 4.34. The van der Waals surface area contributed by atoms with Crippen LogP contribution in [0.3, 0.4) is 0 Å². The molecule has 0 spiro atoms. The van der Waals surface area contributed by atoms with Crippen LogP contribution in [0, 0.1) is 0 Å². The predicted octanol–water partition coefficient (Wildman–Crippen LogP) is 5.03. The van der Waals surface area contributed by atoms with Crippen molar-refractivity contribution >= 4 is 46.8 Å². The van der Waals surface area contributed by atoms with Crippen molar-refractivity contribution in [1.82, 2.24) is 4.90 Å². The van der Waals surface area contributed by atoms with E-state index in [1.54, 1.807) is 30.0 Å². The molecule has 0 aromatic heterocycles. The Bertz CT molecular complexity index is 883. The summed E-state index contributed by atoms with van der Waals surface area (Å²) in [6.45, 7) is 2.35. The van der Waals surface area contributed by atoms with Gasteiger partial charge in [-0.3, -0.25) is 9.59 Å². The van der Waals surface area contributed by atoms with Gasteiger partial charge in [0.25, 0.3) is 0 Å². The maximum Gasteiger partial charge on any atom is 0.250 e. The first-order chi connectivity index (χ1) is 12.9. The average Bonchev–Trinajstić information content (AvgIpc) is 2.64. The molecule has 1 N–H and O–H groups in total. The molecule has 1 saturated heterocycles. The van der Waals surface area contributed by atoms with Crippen LogP contribution in [-0.4, -0.2) is 28.8 Å². The molecular weight excluding hydrogens is 383 g/mol. The Hall–Kier alpha value is -2.30. The van der Waals surface area contributed by atoms with Gasteiger partial charge >= 0.3 is 0 Å². The van der Waals surface area contributed by atoms with Crippen LogP contribution in [0.25, 0.3) is 6.08 Å². The fourth-order valence-corrected chi connectivity index (χ4v) is 3.30. The van der Waals surface area contributed by atoms with Gasteiger partial charge in [-0.15, -0.1) is 0 Å². The van der Waals surface area contributed by atoms with Gasteiger partial charge in [-0.05, 0) is 37.1 Å².